The molecule has 1 fully saturated rings. The average molecular weight is 381 g/mol. The van der Waals surface area contributed by atoms with Crippen molar-refractivity contribution in [1.82, 2.24) is 4.98 Å². The molecule has 138 valence electrons. The van der Waals surface area contributed by atoms with E-state index in [0.29, 0.717) is 11.7 Å². The van der Waals surface area contributed by atoms with Crippen LogP contribution in [0, 0.1) is 12.8 Å². The summed E-state index contributed by atoms with van der Waals surface area (Å²) in [4.78, 5) is 31.2. The van der Waals surface area contributed by atoms with Gasteiger partial charge in [-0.1, -0.05) is 29.5 Å². The Morgan fingerprint density at radius 1 is 1.30 bits per heavy atom. The molecule has 27 heavy (non-hydrogen) atoms. The molecule has 0 unspecified atom stereocenters. The summed E-state index contributed by atoms with van der Waals surface area (Å²) in [6, 6.07) is 13.3. The van der Waals surface area contributed by atoms with Crippen molar-refractivity contribution in [2.24, 2.45) is 5.92 Å². The van der Waals surface area contributed by atoms with Crippen LogP contribution in [0.3, 0.4) is 0 Å². The van der Waals surface area contributed by atoms with E-state index < -0.39 is 5.92 Å². The van der Waals surface area contributed by atoms with Crippen LogP contribution >= 0.6 is 11.3 Å². The molecular formula is C20H19N3O3S. The van der Waals surface area contributed by atoms with Gasteiger partial charge in [-0.05, 0) is 36.8 Å². The van der Waals surface area contributed by atoms with Crippen molar-refractivity contribution < 1.29 is 14.3 Å². The molecule has 1 aromatic heterocycles. The molecule has 2 amide bonds. The normalized spacial score (nSPS) is 16.7. The van der Waals surface area contributed by atoms with Gasteiger partial charge in [-0.15, -0.1) is 0 Å². The van der Waals surface area contributed by atoms with E-state index in [1.165, 1.54) is 11.3 Å². The fraction of sp³-hybridized carbons (Fsp3) is 0.250. The maximum Gasteiger partial charge on any atom is 0.231 e. The number of aromatic nitrogens is 1. The van der Waals surface area contributed by atoms with Gasteiger partial charge in [-0.2, -0.15) is 0 Å². The minimum atomic E-state index is -0.390. The van der Waals surface area contributed by atoms with E-state index in [9.17, 15) is 9.59 Å². The Morgan fingerprint density at radius 3 is 2.89 bits per heavy atom. The van der Waals surface area contributed by atoms with Gasteiger partial charge >= 0.3 is 0 Å². The predicted octanol–water partition coefficient (Wildman–Crippen LogP) is 3.60. The molecule has 4 rings (SSSR count). The highest BCUT2D eigenvalue weighted by molar-refractivity contribution is 7.22. The number of rotatable bonds is 4. The number of carbonyl (C=O) groups is 2. The molecule has 0 bridgehead atoms. The first-order chi connectivity index (χ1) is 13.0. The fourth-order valence-corrected chi connectivity index (χ4v) is 4.17. The number of benzene rings is 2. The summed E-state index contributed by atoms with van der Waals surface area (Å²) < 4.78 is 6.16. The Kier molecular flexibility index (Phi) is 4.53. The lowest BCUT2D eigenvalue weighted by atomic mass is 10.1. The van der Waals surface area contributed by atoms with Gasteiger partial charge in [0.25, 0.3) is 0 Å². The van der Waals surface area contributed by atoms with Gasteiger partial charge in [0.2, 0.25) is 11.8 Å². The summed E-state index contributed by atoms with van der Waals surface area (Å²) >= 11 is 1.39. The van der Waals surface area contributed by atoms with E-state index in [2.05, 4.69) is 10.3 Å². The molecule has 0 saturated carbocycles. The third-order valence-corrected chi connectivity index (χ3v) is 5.66. The van der Waals surface area contributed by atoms with Crippen LogP contribution in [0.1, 0.15) is 12.0 Å². The zero-order valence-electron chi connectivity index (χ0n) is 15.1. The summed E-state index contributed by atoms with van der Waals surface area (Å²) in [5.41, 5.74) is 2.69. The molecule has 1 aliphatic heterocycles. The Labute approximate surface area is 160 Å². The average Bonchev–Trinajstić information content (AvgIpc) is 3.24. The molecule has 0 radical (unpaired) electrons. The molecule has 1 N–H and O–H groups in total. The standard InChI is InChI=1S/C20H19N3O3S/c1-12-5-3-4-6-16(12)23-11-13(9-18(23)24)19(25)22-20-21-15-8-7-14(26-2)10-17(15)27-20/h3-8,10,13H,9,11H2,1-2H3,(H,21,22,25)/t13-/m0/s1. The maximum absolute atomic E-state index is 12.7. The largest absolute Gasteiger partial charge is 0.497 e. The number of carbonyl (C=O) groups excluding carboxylic acids is 2. The first-order valence-electron chi connectivity index (χ1n) is 8.66. The fourth-order valence-electron chi connectivity index (χ4n) is 3.28. The first kappa shape index (κ1) is 17.5. The molecule has 6 nitrogen and oxygen atoms in total. The lowest BCUT2D eigenvalue weighted by Crippen LogP contribution is -2.28. The van der Waals surface area contributed by atoms with Crippen molar-refractivity contribution in [2.45, 2.75) is 13.3 Å². The summed E-state index contributed by atoms with van der Waals surface area (Å²) in [6.45, 7) is 2.35. The van der Waals surface area contributed by atoms with Crippen molar-refractivity contribution in [2.75, 3.05) is 23.9 Å². The number of fused-ring (bicyclic) bond motifs is 1. The molecule has 0 aliphatic carbocycles. The Balaban J connectivity index is 1.49. The van der Waals surface area contributed by atoms with Crippen LogP contribution in [0.5, 0.6) is 5.75 Å². The maximum atomic E-state index is 12.7. The number of methoxy groups -OCH3 is 1. The highest BCUT2D eigenvalue weighted by atomic mass is 32.1. The number of anilines is 2. The Hall–Kier alpha value is -2.93. The third kappa shape index (κ3) is 3.38. The molecule has 2 heterocycles. The van der Waals surface area contributed by atoms with Crippen LogP contribution in [0.4, 0.5) is 10.8 Å². The Morgan fingerprint density at radius 2 is 2.11 bits per heavy atom. The minimum absolute atomic E-state index is 0.0292. The number of hydrogen-bond acceptors (Lipinski definition) is 5. The number of ether oxygens (including phenoxy) is 1. The molecule has 7 heteroatoms. The Bertz CT molecular complexity index is 1030. The van der Waals surface area contributed by atoms with E-state index in [4.69, 9.17) is 4.74 Å². The van der Waals surface area contributed by atoms with Gasteiger partial charge in [0.05, 0.1) is 23.2 Å². The second kappa shape index (κ2) is 7.00. The second-order valence-corrected chi connectivity index (χ2v) is 7.56. The van der Waals surface area contributed by atoms with Crippen molar-refractivity contribution in [3.05, 3.63) is 48.0 Å². The molecular weight excluding hydrogens is 362 g/mol. The minimum Gasteiger partial charge on any atom is -0.497 e. The van der Waals surface area contributed by atoms with Gasteiger partial charge in [-0.3, -0.25) is 9.59 Å². The van der Waals surface area contributed by atoms with Crippen molar-refractivity contribution >= 4 is 44.2 Å². The number of para-hydroxylation sites is 1. The van der Waals surface area contributed by atoms with E-state index in [-0.39, 0.29) is 18.2 Å². The molecule has 1 saturated heterocycles. The quantitative estimate of drug-likeness (QED) is 0.749. The number of aryl methyl sites for hydroxylation is 1. The van der Waals surface area contributed by atoms with Crippen LogP contribution in [-0.2, 0) is 9.59 Å². The van der Waals surface area contributed by atoms with Gasteiger partial charge in [0.15, 0.2) is 5.13 Å². The number of nitrogens with one attached hydrogen (secondary N) is 1. The van der Waals surface area contributed by atoms with E-state index >= 15 is 0 Å². The van der Waals surface area contributed by atoms with Gasteiger partial charge in [-0.25, -0.2) is 4.98 Å². The smallest absolute Gasteiger partial charge is 0.231 e. The van der Waals surface area contributed by atoms with Crippen LogP contribution in [0.25, 0.3) is 10.2 Å². The van der Waals surface area contributed by atoms with Crippen LogP contribution in [0.2, 0.25) is 0 Å². The molecule has 1 atom stereocenters. The second-order valence-electron chi connectivity index (χ2n) is 6.53. The van der Waals surface area contributed by atoms with Crippen LogP contribution < -0.4 is 15.0 Å². The lowest BCUT2D eigenvalue weighted by molar-refractivity contribution is -0.122. The van der Waals surface area contributed by atoms with Crippen LogP contribution in [-0.4, -0.2) is 30.5 Å². The van der Waals surface area contributed by atoms with Gasteiger partial charge < -0.3 is 15.0 Å². The summed E-state index contributed by atoms with van der Waals surface area (Å²) in [5, 5.41) is 3.40. The SMILES string of the molecule is COc1ccc2nc(NC(=O)[C@H]3CC(=O)N(c4ccccc4C)C3)sc2c1. The lowest BCUT2D eigenvalue weighted by Gasteiger charge is -2.18. The van der Waals surface area contributed by atoms with Gasteiger partial charge in [0.1, 0.15) is 5.75 Å². The monoisotopic (exact) mass is 381 g/mol. The van der Waals surface area contributed by atoms with Crippen molar-refractivity contribution in [3.63, 3.8) is 0 Å². The molecule has 1 aliphatic rings. The molecule has 0 spiro atoms. The van der Waals surface area contributed by atoms with Crippen molar-refractivity contribution in [3.8, 4) is 5.75 Å². The molecule has 2 aromatic carbocycles. The predicted molar refractivity (Wildman–Crippen MR) is 106 cm³/mol. The zero-order chi connectivity index (χ0) is 19.0. The number of hydrogen-bond donors (Lipinski definition) is 1. The summed E-state index contributed by atoms with van der Waals surface area (Å²) in [5.74, 6) is 0.155. The van der Waals surface area contributed by atoms with Gasteiger partial charge in [0, 0.05) is 18.7 Å². The number of thiazole rings is 1. The van der Waals surface area contributed by atoms with E-state index in [1.54, 1.807) is 12.0 Å². The zero-order valence-corrected chi connectivity index (χ0v) is 15.9. The topological polar surface area (TPSA) is 71.5 Å². The number of amides is 2. The van der Waals surface area contributed by atoms with Crippen molar-refractivity contribution in [1.29, 1.82) is 0 Å². The highest BCUT2D eigenvalue weighted by Crippen LogP contribution is 2.31. The summed E-state index contributed by atoms with van der Waals surface area (Å²) in [7, 11) is 1.61. The third-order valence-electron chi connectivity index (χ3n) is 4.73. The van der Waals surface area contributed by atoms with Crippen LogP contribution in [0.15, 0.2) is 42.5 Å². The molecule has 3 aromatic rings. The highest BCUT2D eigenvalue weighted by Gasteiger charge is 2.35. The summed E-state index contributed by atoms with van der Waals surface area (Å²) in [6.07, 6.45) is 0.207. The van der Waals surface area contributed by atoms with E-state index in [0.717, 1.165) is 27.2 Å². The number of nitrogens with zero attached hydrogens (tertiary/aromatic N) is 2. The first-order valence-corrected chi connectivity index (χ1v) is 9.48. The van der Waals surface area contributed by atoms with E-state index in [1.807, 2.05) is 49.4 Å².